The first-order chi connectivity index (χ1) is 11.3. The van der Waals surface area contributed by atoms with Gasteiger partial charge in [0.05, 0.1) is 23.9 Å². The zero-order valence-corrected chi connectivity index (χ0v) is 13.6. The quantitative estimate of drug-likeness (QED) is 0.568. The molecule has 0 aliphatic heterocycles. The van der Waals surface area contributed by atoms with Crippen molar-refractivity contribution in [3.63, 3.8) is 0 Å². The first kappa shape index (κ1) is 14.0. The maximum atomic E-state index is 5.57. The monoisotopic (exact) mass is 325 g/mol. The van der Waals surface area contributed by atoms with E-state index in [2.05, 4.69) is 26.7 Å². The maximum Gasteiger partial charge on any atom is 0.217 e. The third-order valence-electron chi connectivity index (χ3n) is 3.67. The fourth-order valence-electron chi connectivity index (χ4n) is 2.60. The van der Waals surface area contributed by atoms with Crippen LogP contribution in [0.2, 0.25) is 0 Å². The van der Waals surface area contributed by atoms with E-state index < -0.39 is 0 Å². The van der Waals surface area contributed by atoms with Crippen molar-refractivity contribution < 1.29 is 9.47 Å². The summed E-state index contributed by atoms with van der Waals surface area (Å²) in [6.45, 7) is 2.64. The predicted molar refractivity (Wildman–Crippen MR) is 91.5 cm³/mol. The van der Waals surface area contributed by atoms with Crippen LogP contribution in [0.4, 0.5) is 0 Å². The minimum atomic E-state index is 0.659. The molecule has 0 saturated carbocycles. The highest BCUT2D eigenvalue weighted by molar-refractivity contribution is 7.23. The van der Waals surface area contributed by atoms with Gasteiger partial charge in [0.1, 0.15) is 11.5 Å². The number of ether oxygens (including phenoxy) is 2. The molecule has 5 nitrogen and oxygen atoms in total. The molecule has 4 aromatic rings. The molecule has 0 N–H and O–H groups in total. The lowest BCUT2D eigenvalue weighted by Crippen LogP contribution is -1.91. The van der Waals surface area contributed by atoms with Gasteiger partial charge in [0, 0.05) is 5.56 Å². The molecule has 116 valence electrons. The summed E-state index contributed by atoms with van der Waals surface area (Å²) in [4.78, 5) is 0.875. The zero-order chi connectivity index (χ0) is 15.8. The van der Waals surface area contributed by atoms with Crippen LogP contribution in [-0.2, 0) is 0 Å². The zero-order valence-electron chi connectivity index (χ0n) is 12.8. The highest BCUT2D eigenvalue weighted by Gasteiger charge is 2.14. The lowest BCUT2D eigenvalue weighted by atomic mass is 10.2. The molecular formula is C17H15N3O2S. The first-order valence-corrected chi connectivity index (χ1v) is 8.16. The summed E-state index contributed by atoms with van der Waals surface area (Å²) < 4.78 is 14.0. The van der Waals surface area contributed by atoms with Crippen LogP contribution in [0.5, 0.6) is 11.5 Å². The third-order valence-corrected chi connectivity index (χ3v) is 4.66. The van der Waals surface area contributed by atoms with Crippen LogP contribution in [0.3, 0.4) is 0 Å². The van der Waals surface area contributed by atoms with Crippen LogP contribution < -0.4 is 9.47 Å². The number of aromatic nitrogens is 3. The van der Waals surface area contributed by atoms with Crippen LogP contribution >= 0.6 is 11.3 Å². The Labute approximate surface area is 137 Å². The van der Waals surface area contributed by atoms with Crippen LogP contribution in [0.25, 0.3) is 26.6 Å². The van der Waals surface area contributed by atoms with Crippen molar-refractivity contribution in [2.75, 3.05) is 13.7 Å². The molecule has 23 heavy (non-hydrogen) atoms. The van der Waals surface area contributed by atoms with Crippen molar-refractivity contribution >= 4 is 26.5 Å². The van der Waals surface area contributed by atoms with Gasteiger partial charge in [-0.3, -0.25) is 4.40 Å². The van der Waals surface area contributed by atoms with Crippen molar-refractivity contribution in [1.29, 1.82) is 0 Å². The summed E-state index contributed by atoms with van der Waals surface area (Å²) in [5, 5.41) is 8.65. The lowest BCUT2D eigenvalue weighted by Gasteiger charge is -2.04. The Morgan fingerprint density at radius 2 is 1.83 bits per heavy atom. The van der Waals surface area contributed by atoms with Crippen LogP contribution in [-0.4, -0.2) is 28.3 Å². The van der Waals surface area contributed by atoms with Gasteiger partial charge in [-0.2, -0.15) is 0 Å². The summed E-state index contributed by atoms with van der Waals surface area (Å²) in [5.41, 5.74) is 2.09. The molecule has 0 spiro atoms. The van der Waals surface area contributed by atoms with Crippen molar-refractivity contribution in [2.45, 2.75) is 6.92 Å². The highest BCUT2D eigenvalue weighted by atomic mass is 32.1. The van der Waals surface area contributed by atoms with Gasteiger partial charge in [-0.05, 0) is 49.4 Å². The Bertz CT molecular complexity index is 973. The van der Waals surface area contributed by atoms with Gasteiger partial charge < -0.3 is 9.47 Å². The molecule has 0 amide bonds. The summed E-state index contributed by atoms with van der Waals surface area (Å²) in [6, 6.07) is 13.9. The molecule has 6 heteroatoms. The van der Waals surface area contributed by atoms with Gasteiger partial charge in [-0.15, -0.1) is 10.2 Å². The topological polar surface area (TPSA) is 48.7 Å². The smallest absolute Gasteiger partial charge is 0.217 e. The second-order valence-corrected chi connectivity index (χ2v) is 6.04. The molecule has 4 rings (SSSR count). The summed E-state index contributed by atoms with van der Waals surface area (Å²) in [7, 11) is 1.66. The molecule has 0 atom stereocenters. The van der Waals surface area contributed by atoms with Gasteiger partial charge >= 0.3 is 0 Å². The Hall–Kier alpha value is -2.60. The number of rotatable bonds is 4. The van der Waals surface area contributed by atoms with Gasteiger partial charge in [0.25, 0.3) is 0 Å². The third kappa shape index (κ3) is 2.31. The van der Waals surface area contributed by atoms with E-state index in [4.69, 9.17) is 9.47 Å². The summed E-state index contributed by atoms with van der Waals surface area (Å²) in [6.07, 6.45) is 0. The average Bonchev–Trinajstić information content (AvgIpc) is 3.14. The Morgan fingerprint density at radius 1 is 1.04 bits per heavy atom. The average molecular weight is 325 g/mol. The van der Waals surface area contributed by atoms with Crippen LogP contribution in [0, 0.1) is 0 Å². The molecule has 2 heterocycles. The van der Waals surface area contributed by atoms with Gasteiger partial charge in [0.15, 0.2) is 5.82 Å². The molecular weight excluding hydrogens is 310 g/mol. The molecule has 2 aromatic carbocycles. The van der Waals surface area contributed by atoms with Crippen LogP contribution in [0.1, 0.15) is 6.92 Å². The number of methoxy groups -OCH3 is 1. The van der Waals surface area contributed by atoms with E-state index in [0.717, 1.165) is 38.1 Å². The number of fused-ring (bicyclic) bond motifs is 3. The normalized spacial score (nSPS) is 11.2. The number of benzene rings is 2. The van der Waals surface area contributed by atoms with Gasteiger partial charge in [-0.25, -0.2) is 0 Å². The summed E-state index contributed by atoms with van der Waals surface area (Å²) in [5.74, 6) is 2.53. The van der Waals surface area contributed by atoms with E-state index in [1.165, 1.54) is 0 Å². The molecule has 0 unspecified atom stereocenters. The summed E-state index contributed by atoms with van der Waals surface area (Å²) >= 11 is 1.61. The second-order valence-electron chi connectivity index (χ2n) is 5.03. The number of hydrogen-bond donors (Lipinski definition) is 0. The molecule has 2 aromatic heterocycles. The predicted octanol–water partition coefficient (Wildman–Crippen LogP) is 4.02. The number of nitrogens with zero attached hydrogens (tertiary/aromatic N) is 3. The SMILES string of the molecule is CCOc1ccc2c(c1)sc1nnc(-c3ccc(OC)cc3)n12. The highest BCUT2D eigenvalue weighted by Crippen LogP contribution is 2.32. The minimum Gasteiger partial charge on any atom is -0.497 e. The Balaban J connectivity index is 1.88. The Kier molecular flexibility index (Phi) is 3.38. The van der Waals surface area contributed by atoms with Crippen molar-refractivity contribution in [2.24, 2.45) is 0 Å². The van der Waals surface area contributed by atoms with E-state index in [0.29, 0.717) is 6.61 Å². The van der Waals surface area contributed by atoms with E-state index in [1.54, 1.807) is 18.4 Å². The first-order valence-electron chi connectivity index (χ1n) is 7.35. The molecule has 0 aliphatic carbocycles. The minimum absolute atomic E-state index is 0.659. The second kappa shape index (κ2) is 5.55. The fourth-order valence-corrected chi connectivity index (χ4v) is 3.59. The van der Waals surface area contributed by atoms with E-state index in [9.17, 15) is 0 Å². The lowest BCUT2D eigenvalue weighted by molar-refractivity contribution is 0.341. The Morgan fingerprint density at radius 3 is 2.57 bits per heavy atom. The van der Waals surface area contributed by atoms with Crippen molar-refractivity contribution in [1.82, 2.24) is 14.6 Å². The van der Waals surface area contributed by atoms with Gasteiger partial charge in [0.2, 0.25) is 4.96 Å². The van der Waals surface area contributed by atoms with Crippen molar-refractivity contribution in [3.8, 4) is 22.9 Å². The fraction of sp³-hybridized carbons (Fsp3) is 0.176. The number of thiazole rings is 1. The van der Waals surface area contributed by atoms with Crippen molar-refractivity contribution in [3.05, 3.63) is 42.5 Å². The molecule has 0 bridgehead atoms. The molecule has 0 fully saturated rings. The largest absolute Gasteiger partial charge is 0.497 e. The van der Waals surface area contributed by atoms with E-state index >= 15 is 0 Å². The maximum absolute atomic E-state index is 5.57. The standard InChI is InChI=1S/C17H15N3O2S/c1-3-22-13-8-9-14-15(10-13)23-17-19-18-16(20(14)17)11-4-6-12(21-2)7-5-11/h4-10H,3H2,1-2H3. The molecule has 0 saturated heterocycles. The number of hydrogen-bond acceptors (Lipinski definition) is 5. The van der Waals surface area contributed by atoms with E-state index in [-0.39, 0.29) is 0 Å². The molecule has 0 aliphatic rings. The molecule has 0 radical (unpaired) electrons. The van der Waals surface area contributed by atoms with Crippen LogP contribution in [0.15, 0.2) is 42.5 Å². The van der Waals surface area contributed by atoms with Gasteiger partial charge in [-0.1, -0.05) is 11.3 Å². The van der Waals surface area contributed by atoms with E-state index in [1.807, 2.05) is 37.3 Å².